The van der Waals surface area contributed by atoms with Crippen LogP contribution in [0.2, 0.25) is 0 Å². The number of rotatable bonds is 7. The summed E-state index contributed by atoms with van der Waals surface area (Å²) in [5.74, 6) is -5.01. The third kappa shape index (κ3) is 4.49. The molecule has 7 heteroatoms. The average Bonchev–Trinajstić information content (AvgIpc) is 2.62. The highest BCUT2D eigenvalue weighted by molar-refractivity contribution is 6.04. The van der Waals surface area contributed by atoms with E-state index in [0.717, 1.165) is 43.8 Å². The van der Waals surface area contributed by atoms with Crippen LogP contribution in [0.5, 0.6) is 0 Å². The molecule has 2 aromatic rings. The average molecular weight is 351 g/mol. The van der Waals surface area contributed by atoms with Crippen LogP contribution in [0.25, 0.3) is 0 Å². The van der Waals surface area contributed by atoms with E-state index >= 15 is 0 Å². The molecule has 0 saturated carbocycles. The zero-order chi connectivity index (χ0) is 18.4. The molecule has 0 fully saturated rings. The lowest BCUT2D eigenvalue weighted by atomic mass is 10.2. The number of nitrogens with one attached hydrogen (secondary N) is 1. The molecule has 1 aromatic heterocycles. The van der Waals surface area contributed by atoms with Crippen molar-refractivity contribution in [3.63, 3.8) is 0 Å². The molecule has 1 heterocycles. The van der Waals surface area contributed by atoms with Gasteiger partial charge in [0, 0.05) is 19.3 Å². The lowest BCUT2D eigenvalue weighted by molar-refractivity contribution is 0.102. The van der Waals surface area contributed by atoms with Crippen molar-refractivity contribution in [2.75, 3.05) is 23.3 Å². The molecule has 2 rings (SSSR count). The van der Waals surface area contributed by atoms with Gasteiger partial charge < -0.3 is 10.2 Å². The summed E-state index contributed by atoms with van der Waals surface area (Å²) in [5.41, 5.74) is 0.564. The molecule has 0 unspecified atom stereocenters. The van der Waals surface area contributed by atoms with Gasteiger partial charge in [0.15, 0.2) is 17.5 Å². The maximum Gasteiger partial charge on any atom is 0.257 e. The number of carbonyl (C=O) groups is 1. The number of nitrogens with zero attached hydrogens (tertiary/aromatic N) is 2. The molecule has 0 saturated heterocycles. The molecule has 134 valence electrons. The summed E-state index contributed by atoms with van der Waals surface area (Å²) in [6.07, 6.45) is 4.87. The van der Waals surface area contributed by atoms with Crippen molar-refractivity contribution in [1.29, 1.82) is 0 Å². The number of benzene rings is 1. The van der Waals surface area contributed by atoms with Crippen LogP contribution in [0.1, 0.15) is 37.0 Å². The Kier molecular flexibility index (Phi) is 6.38. The minimum atomic E-state index is -1.62. The fraction of sp³-hybridized carbons (Fsp3) is 0.333. The maximum atomic E-state index is 13.7. The molecular formula is C18H20F3N3O. The lowest BCUT2D eigenvalue weighted by Crippen LogP contribution is -2.25. The molecule has 0 atom stereocenters. The van der Waals surface area contributed by atoms with E-state index in [1.807, 2.05) is 0 Å². The lowest BCUT2D eigenvalue weighted by Gasteiger charge is -2.23. The van der Waals surface area contributed by atoms with Gasteiger partial charge in [-0.05, 0) is 31.0 Å². The molecule has 0 spiro atoms. The van der Waals surface area contributed by atoms with Gasteiger partial charge in [0.25, 0.3) is 5.91 Å². The molecule has 0 radical (unpaired) electrons. The Morgan fingerprint density at radius 2 is 1.76 bits per heavy atom. The van der Waals surface area contributed by atoms with Gasteiger partial charge in [-0.1, -0.05) is 13.8 Å². The summed E-state index contributed by atoms with van der Waals surface area (Å²) in [4.78, 5) is 18.5. The van der Waals surface area contributed by atoms with Crippen molar-refractivity contribution >= 4 is 17.3 Å². The Morgan fingerprint density at radius 3 is 2.40 bits per heavy atom. The fourth-order valence-electron chi connectivity index (χ4n) is 2.45. The molecule has 1 aromatic carbocycles. The second-order valence-corrected chi connectivity index (χ2v) is 5.60. The zero-order valence-corrected chi connectivity index (χ0v) is 14.2. The van der Waals surface area contributed by atoms with E-state index in [1.165, 1.54) is 6.20 Å². The molecule has 0 aliphatic carbocycles. The first-order chi connectivity index (χ1) is 12.0. The topological polar surface area (TPSA) is 45.2 Å². The monoisotopic (exact) mass is 351 g/mol. The van der Waals surface area contributed by atoms with Crippen LogP contribution < -0.4 is 10.2 Å². The predicted octanol–water partition coefficient (Wildman–Crippen LogP) is 4.38. The second kappa shape index (κ2) is 8.50. The molecule has 1 N–H and O–H groups in total. The minimum absolute atomic E-state index is 0.207. The third-order valence-electron chi connectivity index (χ3n) is 3.62. The van der Waals surface area contributed by atoms with E-state index in [-0.39, 0.29) is 5.56 Å². The van der Waals surface area contributed by atoms with Gasteiger partial charge in [0.05, 0.1) is 23.1 Å². The van der Waals surface area contributed by atoms with Crippen LogP contribution in [-0.2, 0) is 0 Å². The Balaban J connectivity index is 2.22. The first kappa shape index (κ1) is 18.8. The molecule has 0 bridgehead atoms. The summed E-state index contributed by atoms with van der Waals surface area (Å²) in [7, 11) is 0. The standard InChI is InChI=1S/C18H20F3N3O/c1-3-7-24(8-4-2)13-9-12(10-22-11-13)18(25)23-15-6-5-14(19)16(20)17(15)21/h5-6,9-11H,3-4,7-8H2,1-2H3,(H,23,25). The molecule has 25 heavy (non-hydrogen) atoms. The number of pyridine rings is 1. The number of aromatic nitrogens is 1. The first-order valence-corrected chi connectivity index (χ1v) is 8.12. The van der Waals surface area contributed by atoms with Crippen LogP contribution in [0.4, 0.5) is 24.5 Å². The largest absolute Gasteiger partial charge is 0.370 e. The molecule has 0 aliphatic rings. The zero-order valence-electron chi connectivity index (χ0n) is 14.2. The normalized spacial score (nSPS) is 10.6. The summed E-state index contributed by atoms with van der Waals surface area (Å²) < 4.78 is 39.9. The highest BCUT2D eigenvalue weighted by atomic mass is 19.2. The number of amides is 1. The van der Waals surface area contributed by atoms with Gasteiger partial charge in [0.2, 0.25) is 0 Å². The Morgan fingerprint density at radius 1 is 1.08 bits per heavy atom. The van der Waals surface area contributed by atoms with E-state index in [0.29, 0.717) is 0 Å². The van der Waals surface area contributed by atoms with Crippen molar-refractivity contribution in [1.82, 2.24) is 4.98 Å². The second-order valence-electron chi connectivity index (χ2n) is 5.60. The van der Waals surface area contributed by atoms with E-state index in [9.17, 15) is 18.0 Å². The molecule has 4 nitrogen and oxygen atoms in total. The molecule has 1 amide bonds. The number of carbonyl (C=O) groups excluding carboxylic acids is 1. The van der Waals surface area contributed by atoms with Gasteiger partial charge in [-0.25, -0.2) is 13.2 Å². The fourth-order valence-corrected chi connectivity index (χ4v) is 2.45. The summed E-state index contributed by atoms with van der Waals surface area (Å²) in [6, 6.07) is 3.38. The Bertz CT molecular complexity index is 746. The summed E-state index contributed by atoms with van der Waals surface area (Å²) in [6.45, 7) is 5.74. The van der Waals surface area contributed by atoms with Gasteiger partial charge in [0.1, 0.15) is 0 Å². The van der Waals surface area contributed by atoms with Gasteiger partial charge >= 0.3 is 0 Å². The highest BCUT2D eigenvalue weighted by Gasteiger charge is 2.17. The van der Waals surface area contributed by atoms with Crippen LogP contribution in [-0.4, -0.2) is 24.0 Å². The number of hydrogen-bond donors (Lipinski definition) is 1. The van der Waals surface area contributed by atoms with E-state index < -0.39 is 29.0 Å². The van der Waals surface area contributed by atoms with Crippen LogP contribution in [0.15, 0.2) is 30.6 Å². The first-order valence-electron chi connectivity index (χ1n) is 8.12. The van der Waals surface area contributed by atoms with Crippen molar-refractivity contribution in [3.8, 4) is 0 Å². The smallest absolute Gasteiger partial charge is 0.257 e. The quantitative estimate of drug-likeness (QED) is 0.753. The number of anilines is 2. The SMILES string of the molecule is CCCN(CCC)c1cncc(C(=O)Nc2ccc(F)c(F)c2F)c1. The summed E-state index contributed by atoms with van der Waals surface area (Å²) >= 11 is 0. The van der Waals surface area contributed by atoms with Crippen LogP contribution >= 0.6 is 0 Å². The Hall–Kier alpha value is -2.57. The Labute approximate surface area is 144 Å². The van der Waals surface area contributed by atoms with Gasteiger partial charge in [-0.3, -0.25) is 9.78 Å². The highest BCUT2D eigenvalue weighted by Crippen LogP contribution is 2.21. The third-order valence-corrected chi connectivity index (χ3v) is 3.62. The van der Waals surface area contributed by atoms with Crippen LogP contribution in [0, 0.1) is 17.5 Å². The van der Waals surface area contributed by atoms with Crippen LogP contribution in [0.3, 0.4) is 0 Å². The number of halogens is 3. The summed E-state index contributed by atoms with van der Waals surface area (Å²) in [5, 5.41) is 2.25. The van der Waals surface area contributed by atoms with E-state index in [1.54, 1.807) is 12.3 Å². The van der Waals surface area contributed by atoms with Gasteiger partial charge in [-0.15, -0.1) is 0 Å². The van der Waals surface area contributed by atoms with Crippen molar-refractivity contribution < 1.29 is 18.0 Å². The van der Waals surface area contributed by atoms with E-state index in [2.05, 4.69) is 29.0 Å². The van der Waals surface area contributed by atoms with Crippen molar-refractivity contribution in [2.45, 2.75) is 26.7 Å². The van der Waals surface area contributed by atoms with E-state index in [4.69, 9.17) is 0 Å². The predicted molar refractivity (Wildman–Crippen MR) is 91.3 cm³/mol. The molecule has 0 aliphatic heterocycles. The van der Waals surface area contributed by atoms with Crippen molar-refractivity contribution in [3.05, 3.63) is 53.6 Å². The van der Waals surface area contributed by atoms with Gasteiger partial charge in [-0.2, -0.15) is 0 Å². The van der Waals surface area contributed by atoms with Crippen molar-refractivity contribution in [2.24, 2.45) is 0 Å². The maximum absolute atomic E-state index is 13.7. The minimum Gasteiger partial charge on any atom is -0.370 e. The number of hydrogen-bond acceptors (Lipinski definition) is 3. The molecular weight excluding hydrogens is 331 g/mol.